The Labute approximate surface area is 160 Å². The van der Waals surface area contributed by atoms with Gasteiger partial charge in [0.15, 0.2) is 11.6 Å². The molecule has 0 saturated heterocycles. The van der Waals surface area contributed by atoms with E-state index in [1.54, 1.807) is 13.2 Å². The Morgan fingerprint density at radius 3 is 2.54 bits per heavy atom. The molecule has 0 spiro atoms. The first-order valence-electron chi connectivity index (χ1n) is 9.12. The first-order chi connectivity index (χ1) is 13.4. The lowest BCUT2D eigenvalue weighted by molar-refractivity contribution is 0.149. The summed E-state index contributed by atoms with van der Waals surface area (Å²) in [6.07, 6.45) is 0.338. The molecule has 0 bridgehead atoms. The second-order valence-corrected chi connectivity index (χ2v) is 6.98. The molecular formula is C22H20F3NO2. The number of nitrogens with two attached hydrogens (primary N) is 1. The molecule has 0 unspecified atom stereocenters. The van der Waals surface area contributed by atoms with E-state index in [0.29, 0.717) is 18.2 Å². The molecule has 0 fully saturated rings. The third kappa shape index (κ3) is 2.98. The van der Waals surface area contributed by atoms with Gasteiger partial charge in [-0.3, -0.25) is 0 Å². The van der Waals surface area contributed by atoms with Gasteiger partial charge in [0.2, 0.25) is 0 Å². The van der Waals surface area contributed by atoms with E-state index >= 15 is 0 Å². The van der Waals surface area contributed by atoms with Gasteiger partial charge in [-0.2, -0.15) is 0 Å². The number of benzene rings is 3. The maximum atomic E-state index is 14.2. The van der Waals surface area contributed by atoms with Crippen LogP contribution in [0.1, 0.15) is 29.7 Å². The molecule has 3 aromatic rings. The predicted molar refractivity (Wildman–Crippen MR) is 101 cm³/mol. The summed E-state index contributed by atoms with van der Waals surface area (Å²) < 4.78 is 52.6. The van der Waals surface area contributed by atoms with Crippen LogP contribution in [0.5, 0.6) is 11.5 Å². The number of methoxy groups -OCH3 is 1. The van der Waals surface area contributed by atoms with E-state index < -0.39 is 29.6 Å². The largest absolute Gasteiger partial charge is 0.496 e. The molecule has 1 aliphatic heterocycles. The number of ether oxygens (including phenoxy) is 2. The lowest BCUT2D eigenvalue weighted by Gasteiger charge is -2.32. The topological polar surface area (TPSA) is 44.5 Å². The van der Waals surface area contributed by atoms with Gasteiger partial charge >= 0.3 is 0 Å². The average Bonchev–Trinajstić information content (AvgIpc) is 2.69. The maximum absolute atomic E-state index is 14.2. The predicted octanol–water partition coefficient (Wildman–Crippen LogP) is 4.83. The molecule has 3 aromatic carbocycles. The summed E-state index contributed by atoms with van der Waals surface area (Å²) in [5.74, 6) is -1.91. The van der Waals surface area contributed by atoms with E-state index in [-0.39, 0.29) is 5.56 Å². The van der Waals surface area contributed by atoms with E-state index in [4.69, 9.17) is 15.2 Å². The number of fused-ring (bicyclic) bond motifs is 3. The van der Waals surface area contributed by atoms with E-state index in [9.17, 15) is 13.2 Å². The lowest BCUT2D eigenvalue weighted by atomic mass is 9.89. The van der Waals surface area contributed by atoms with Crippen molar-refractivity contribution < 1.29 is 22.6 Å². The Balaban J connectivity index is 1.80. The Hall–Kier alpha value is -2.73. The summed E-state index contributed by atoms with van der Waals surface area (Å²) in [5, 5.41) is 1.98. The highest BCUT2D eigenvalue weighted by molar-refractivity contribution is 5.90. The molecular weight excluding hydrogens is 367 g/mol. The van der Waals surface area contributed by atoms with Crippen LogP contribution in [0.15, 0.2) is 36.4 Å². The zero-order valence-electron chi connectivity index (χ0n) is 15.6. The first-order valence-corrected chi connectivity index (χ1v) is 9.12. The van der Waals surface area contributed by atoms with Crippen molar-refractivity contribution in [2.24, 2.45) is 5.73 Å². The molecule has 146 valence electrons. The average molecular weight is 387 g/mol. The van der Waals surface area contributed by atoms with Gasteiger partial charge in [0.05, 0.1) is 13.2 Å². The van der Waals surface area contributed by atoms with Gasteiger partial charge in [-0.25, -0.2) is 13.2 Å². The van der Waals surface area contributed by atoms with Gasteiger partial charge in [-0.15, -0.1) is 0 Å². The summed E-state index contributed by atoms with van der Waals surface area (Å²) in [6.45, 7) is 2.06. The number of hydrogen-bond acceptors (Lipinski definition) is 3. The fourth-order valence-corrected chi connectivity index (χ4v) is 3.85. The Morgan fingerprint density at radius 2 is 1.82 bits per heavy atom. The molecule has 6 heteroatoms. The zero-order valence-corrected chi connectivity index (χ0v) is 15.6. The van der Waals surface area contributed by atoms with Crippen LogP contribution in [0, 0.1) is 17.5 Å². The maximum Gasteiger partial charge on any atom is 0.161 e. The number of hydrogen-bond donors (Lipinski definition) is 1. The van der Waals surface area contributed by atoms with Crippen LogP contribution >= 0.6 is 0 Å². The second kappa shape index (κ2) is 7.02. The Kier molecular flexibility index (Phi) is 4.67. The van der Waals surface area contributed by atoms with E-state index in [1.165, 1.54) is 0 Å². The van der Waals surface area contributed by atoms with Crippen LogP contribution in [0.3, 0.4) is 0 Å². The quantitative estimate of drug-likeness (QED) is 0.655. The molecule has 0 amide bonds. The van der Waals surface area contributed by atoms with Crippen LogP contribution in [-0.4, -0.2) is 13.2 Å². The smallest absolute Gasteiger partial charge is 0.161 e. The molecule has 0 radical (unpaired) electrons. The fourth-order valence-electron chi connectivity index (χ4n) is 3.85. The van der Waals surface area contributed by atoms with Crippen LogP contribution in [0.2, 0.25) is 0 Å². The summed E-state index contributed by atoms with van der Waals surface area (Å²) >= 11 is 0. The van der Waals surface area contributed by atoms with E-state index in [0.717, 1.165) is 40.1 Å². The number of rotatable bonds is 3. The highest BCUT2D eigenvalue weighted by Crippen LogP contribution is 2.41. The summed E-state index contributed by atoms with van der Waals surface area (Å²) in [7, 11) is 1.62. The number of aryl methyl sites for hydroxylation is 1. The van der Waals surface area contributed by atoms with Crippen LogP contribution in [-0.2, 0) is 12.8 Å². The minimum absolute atomic E-state index is 0.0870. The molecule has 0 saturated carbocycles. The summed E-state index contributed by atoms with van der Waals surface area (Å²) in [4.78, 5) is 0. The van der Waals surface area contributed by atoms with Gasteiger partial charge in [-0.05, 0) is 53.4 Å². The molecule has 0 aromatic heterocycles. The van der Waals surface area contributed by atoms with Crippen molar-refractivity contribution in [2.45, 2.75) is 31.9 Å². The standard InChI is InChI=1S/C22H20F3NO2/c1-3-11-6-12-4-5-20-14(13(12)9-21(11)27-2)8-19(26)22(28-20)15-7-17(24)18(25)10-16(15)23/h4-7,9-10,19,22H,3,8,26H2,1-2H3/t19-,22+/m0/s1. The summed E-state index contributed by atoms with van der Waals surface area (Å²) in [5.41, 5.74) is 8.16. The van der Waals surface area contributed by atoms with Crippen molar-refractivity contribution in [3.63, 3.8) is 0 Å². The van der Waals surface area contributed by atoms with Gasteiger partial charge in [0.1, 0.15) is 23.4 Å². The molecule has 1 heterocycles. The van der Waals surface area contributed by atoms with Crippen molar-refractivity contribution in [2.75, 3.05) is 7.11 Å². The highest BCUT2D eigenvalue weighted by atomic mass is 19.2. The molecule has 4 rings (SSSR count). The summed E-state index contributed by atoms with van der Waals surface area (Å²) in [6, 6.07) is 8.48. The van der Waals surface area contributed by atoms with Crippen LogP contribution in [0.4, 0.5) is 13.2 Å². The second-order valence-electron chi connectivity index (χ2n) is 6.98. The molecule has 0 aliphatic carbocycles. The first kappa shape index (κ1) is 18.6. The van der Waals surface area contributed by atoms with Crippen molar-refractivity contribution >= 4 is 10.8 Å². The van der Waals surface area contributed by atoms with Crippen LogP contribution in [0.25, 0.3) is 10.8 Å². The highest BCUT2D eigenvalue weighted by Gasteiger charge is 2.32. The van der Waals surface area contributed by atoms with E-state index in [2.05, 4.69) is 13.0 Å². The third-order valence-electron chi connectivity index (χ3n) is 5.30. The van der Waals surface area contributed by atoms with Crippen molar-refractivity contribution in [3.05, 3.63) is 70.5 Å². The Bertz CT molecular complexity index is 1070. The third-order valence-corrected chi connectivity index (χ3v) is 5.30. The van der Waals surface area contributed by atoms with Crippen molar-refractivity contribution in [1.82, 2.24) is 0 Å². The minimum atomic E-state index is -1.24. The van der Waals surface area contributed by atoms with Crippen LogP contribution < -0.4 is 15.2 Å². The van der Waals surface area contributed by atoms with Crippen molar-refractivity contribution in [3.8, 4) is 11.5 Å². The van der Waals surface area contributed by atoms with Gasteiger partial charge in [0.25, 0.3) is 0 Å². The normalized spacial score (nSPS) is 18.6. The zero-order chi connectivity index (χ0) is 20.0. The van der Waals surface area contributed by atoms with Gasteiger partial charge in [-0.1, -0.05) is 13.0 Å². The van der Waals surface area contributed by atoms with E-state index in [1.807, 2.05) is 12.1 Å². The molecule has 2 N–H and O–H groups in total. The monoisotopic (exact) mass is 387 g/mol. The van der Waals surface area contributed by atoms with Gasteiger partial charge in [0, 0.05) is 17.2 Å². The Morgan fingerprint density at radius 1 is 1.07 bits per heavy atom. The molecule has 28 heavy (non-hydrogen) atoms. The molecule has 2 atom stereocenters. The van der Waals surface area contributed by atoms with Gasteiger partial charge < -0.3 is 15.2 Å². The molecule has 1 aliphatic rings. The number of halogens is 3. The molecule has 3 nitrogen and oxygen atoms in total. The van der Waals surface area contributed by atoms with Crippen molar-refractivity contribution in [1.29, 1.82) is 0 Å². The SMILES string of the molecule is CCc1cc2ccc3c(c2cc1OC)C[C@H](N)[C@@H](c1cc(F)c(F)cc1F)O3. The lowest BCUT2D eigenvalue weighted by Crippen LogP contribution is -2.38. The fraction of sp³-hybridized carbons (Fsp3) is 0.273. The minimum Gasteiger partial charge on any atom is -0.496 e.